The summed E-state index contributed by atoms with van der Waals surface area (Å²) in [5.41, 5.74) is 3.97. The van der Waals surface area contributed by atoms with Gasteiger partial charge in [0, 0.05) is 42.1 Å². The number of nitrogens with one attached hydrogen (secondary N) is 2. The van der Waals surface area contributed by atoms with E-state index < -0.39 is 0 Å². The van der Waals surface area contributed by atoms with E-state index in [1.54, 1.807) is 0 Å². The highest BCUT2D eigenvalue weighted by atomic mass is 15.0. The molecule has 0 unspecified atom stereocenters. The average molecular weight is 267 g/mol. The number of H-pyrrole nitrogens is 1. The summed E-state index contributed by atoms with van der Waals surface area (Å²) in [6.07, 6.45) is 5.31. The number of aryl methyl sites for hydroxylation is 1. The molecular formula is C17H21N3. The molecule has 0 saturated carbocycles. The predicted molar refractivity (Wildman–Crippen MR) is 83.8 cm³/mol. The van der Waals surface area contributed by atoms with Crippen LogP contribution in [0.5, 0.6) is 0 Å². The van der Waals surface area contributed by atoms with Crippen LogP contribution >= 0.6 is 0 Å². The molecule has 0 atom stereocenters. The minimum atomic E-state index is 0.934. The first kappa shape index (κ1) is 13.0. The minimum absolute atomic E-state index is 0.934. The number of aromatic amines is 1. The first-order valence-electron chi connectivity index (χ1n) is 7.28. The van der Waals surface area contributed by atoms with Gasteiger partial charge in [0.1, 0.15) is 0 Å². The molecule has 0 saturated heterocycles. The third-order valence-electron chi connectivity index (χ3n) is 3.82. The smallest absolute Gasteiger partial charge is 0.0456 e. The van der Waals surface area contributed by atoms with E-state index in [1.165, 1.54) is 22.2 Å². The maximum Gasteiger partial charge on any atom is 0.0456 e. The molecule has 0 aliphatic carbocycles. The van der Waals surface area contributed by atoms with Gasteiger partial charge in [-0.3, -0.25) is 0 Å². The Morgan fingerprint density at radius 1 is 1.15 bits per heavy atom. The Hall–Kier alpha value is -2.00. The van der Waals surface area contributed by atoms with Crippen LogP contribution in [-0.4, -0.2) is 16.1 Å². The van der Waals surface area contributed by atoms with Crippen LogP contribution < -0.4 is 5.32 Å². The van der Waals surface area contributed by atoms with Gasteiger partial charge in [-0.1, -0.05) is 18.2 Å². The number of hydrogen-bond donors (Lipinski definition) is 2. The quantitative estimate of drug-likeness (QED) is 0.660. The monoisotopic (exact) mass is 267 g/mol. The van der Waals surface area contributed by atoms with E-state index in [0.717, 1.165) is 26.1 Å². The minimum Gasteiger partial charge on any atom is -0.361 e. The molecular weight excluding hydrogens is 246 g/mol. The molecule has 3 heteroatoms. The largest absolute Gasteiger partial charge is 0.361 e. The summed E-state index contributed by atoms with van der Waals surface area (Å²) in [6.45, 7) is 5.14. The molecule has 0 aliphatic heterocycles. The summed E-state index contributed by atoms with van der Waals surface area (Å²) in [5, 5.41) is 4.87. The van der Waals surface area contributed by atoms with E-state index in [2.05, 4.69) is 70.6 Å². The fourth-order valence-electron chi connectivity index (χ4n) is 2.70. The second-order valence-corrected chi connectivity index (χ2v) is 5.07. The highest BCUT2D eigenvalue weighted by Crippen LogP contribution is 2.17. The van der Waals surface area contributed by atoms with Crippen LogP contribution in [0.4, 0.5) is 0 Å². The average Bonchev–Trinajstić information content (AvgIpc) is 3.10. The van der Waals surface area contributed by atoms with E-state index in [4.69, 9.17) is 0 Å². The third-order valence-corrected chi connectivity index (χ3v) is 3.82. The van der Waals surface area contributed by atoms with Gasteiger partial charge in [0.05, 0.1) is 0 Å². The number of nitrogens with zero attached hydrogens (tertiary/aromatic N) is 1. The fourth-order valence-corrected chi connectivity index (χ4v) is 2.70. The summed E-state index contributed by atoms with van der Waals surface area (Å²) in [7, 11) is 0. The van der Waals surface area contributed by atoms with E-state index in [9.17, 15) is 0 Å². The Morgan fingerprint density at radius 2 is 2.05 bits per heavy atom. The molecule has 0 radical (unpaired) electrons. The maximum atomic E-state index is 3.53. The highest BCUT2D eigenvalue weighted by molar-refractivity contribution is 5.83. The molecule has 2 heterocycles. The Labute approximate surface area is 119 Å². The second-order valence-electron chi connectivity index (χ2n) is 5.07. The van der Waals surface area contributed by atoms with E-state index in [1.807, 2.05) is 0 Å². The van der Waals surface area contributed by atoms with Crippen molar-refractivity contribution in [1.29, 1.82) is 0 Å². The lowest BCUT2D eigenvalue weighted by Crippen LogP contribution is -2.18. The summed E-state index contributed by atoms with van der Waals surface area (Å²) < 4.78 is 2.28. The van der Waals surface area contributed by atoms with Crippen molar-refractivity contribution in [3.63, 3.8) is 0 Å². The normalized spacial score (nSPS) is 11.2. The van der Waals surface area contributed by atoms with Gasteiger partial charge < -0.3 is 14.9 Å². The van der Waals surface area contributed by atoms with Gasteiger partial charge in [0.2, 0.25) is 0 Å². The van der Waals surface area contributed by atoms with Gasteiger partial charge in [-0.2, -0.15) is 0 Å². The van der Waals surface area contributed by atoms with Gasteiger partial charge >= 0.3 is 0 Å². The number of para-hydroxylation sites is 1. The zero-order valence-electron chi connectivity index (χ0n) is 11.9. The molecule has 2 N–H and O–H groups in total. The summed E-state index contributed by atoms with van der Waals surface area (Å²) in [5.74, 6) is 0. The molecule has 104 valence electrons. The van der Waals surface area contributed by atoms with Gasteiger partial charge in [-0.05, 0) is 43.7 Å². The third kappa shape index (κ3) is 2.63. The first-order chi connectivity index (χ1) is 9.88. The number of rotatable bonds is 6. The SMILES string of the molecule is CCn1cccc1CNCCc1c[nH]c2ccccc12. The van der Waals surface area contributed by atoms with Crippen molar-refractivity contribution < 1.29 is 0 Å². The van der Waals surface area contributed by atoms with Crippen molar-refractivity contribution in [2.75, 3.05) is 6.54 Å². The van der Waals surface area contributed by atoms with Gasteiger partial charge in [0.15, 0.2) is 0 Å². The number of aromatic nitrogens is 2. The molecule has 0 aliphatic rings. The molecule has 3 aromatic rings. The van der Waals surface area contributed by atoms with Gasteiger partial charge in [0.25, 0.3) is 0 Å². The lowest BCUT2D eigenvalue weighted by molar-refractivity contribution is 0.629. The van der Waals surface area contributed by atoms with Crippen molar-refractivity contribution in [3.8, 4) is 0 Å². The number of benzene rings is 1. The molecule has 20 heavy (non-hydrogen) atoms. The maximum absolute atomic E-state index is 3.53. The van der Waals surface area contributed by atoms with Crippen molar-refractivity contribution in [3.05, 3.63) is 60.0 Å². The van der Waals surface area contributed by atoms with E-state index in [-0.39, 0.29) is 0 Å². The lowest BCUT2D eigenvalue weighted by Gasteiger charge is -2.07. The Bertz CT molecular complexity index is 678. The van der Waals surface area contributed by atoms with Crippen molar-refractivity contribution in [2.24, 2.45) is 0 Å². The topological polar surface area (TPSA) is 32.8 Å². The molecule has 3 nitrogen and oxygen atoms in total. The van der Waals surface area contributed by atoms with Crippen LogP contribution in [0.15, 0.2) is 48.8 Å². The van der Waals surface area contributed by atoms with Crippen LogP contribution in [0.3, 0.4) is 0 Å². The van der Waals surface area contributed by atoms with Gasteiger partial charge in [-0.15, -0.1) is 0 Å². The zero-order chi connectivity index (χ0) is 13.8. The predicted octanol–water partition coefficient (Wildman–Crippen LogP) is 3.32. The number of hydrogen-bond acceptors (Lipinski definition) is 1. The Kier molecular flexibility index (Phi) is 3.88. The van der Waals surface area contributed by atoms with Gasteiger partial charge in [-0.25, -0.2) is 0 Å². The summed E-state index contributed by atoms with van der Waals surface area (Å²) in [6, 6.07) is 12.8. The molecule has 0 amide bonds. The van der Waals surface area contributed by atoms with Crippen LogP contribution in [-0.2, 0) is 19.5 Å². The lowest BCUT2D eigenvalue weighted by atomic mass is 10.1. The molecule has 3 rings (SSSR count). The molecule has 0 fully saturated rings. The van der Waals surface area contributed by atoms with Crippen molar-refractivity contribution >= 4 is 10.9 Å². The highest BCUT2D eigenvalue weighted by Gasteiger charge is 2.03. The molecule has 2 aromatic heterocycles. The van der Waals surface area contributed by atoms with E-state index in [0.29, 0.717) is 0 Å². The standard InChI is InChI=1S/C17H21N3/c1-2-20-11-5-6-15(20)13-18-10-9-14-12-19-17-8-4-3-7-16(14)17/h3-8,11-12,18-19H,2,9-10,13H2,1H3. The van der Waals surface area contributed by atoms with Crippen LogP contribution in [0.2, 0.25) is 0 Å². The van der Waals surface area contributed by atoms with Crippen molar-refractivity contribution in [2.45, 2.75) is 26.4 Å². The molecule has 0 bridgehead atoms. The Balaban J connectivity index is 1.55. The van der Waals surface area contributed by atoms with E-state index >= 15 is 0 Å². The second kappa shape index (κ2) is 5.97. The van der Waals surface area contributed by atoms with Crippen LogP contribution in [0.25, 0.3) is 10.9 Å². The van der Waals surface area contributed by atoms with Crippen LogP contribution in [0.1, 0.15) is 18.2 Å². The summed E-state index contributed by atoms with van der Waals surface area (Å²) >= 11 is 0. The molecule has 0 spiro atoms. The zero-order valence-corrected chi connectivity index (χ0v) is 11.9. The first-order valence-corrected chi connectivity index (χ1v) is 7.28. The van der Waals surface area contributed by atoms with Crippen LogP contribution in [0, 0.1) is 0 Å². The fraction of sp³-hybridized carbons (Fsp3) is 0.294. The Morgan fingerprint density at radius 3 is 2.95 bits per heavy atom. The van der Waals surface area contributed by atoms with Crippen molar-refractivity contribution in [1.82, 2.24) is 14.9 Å². The number of fused-ring (bicyclic) bond motifs is 1. The molecule has 1 aromatic carbocycles. The summed E-state index contributed by atoms with van der Waals surface area (Å²) in [4.78, 5) is 3.33.